The first-order chi connectivity index (χ1) is 15.4. The highest BCUT2D eigenvalue weighted by Crippen LogP contribution is 2.37. The SMILES string of the molecule is CS(=O)(=O)N1CCC(Nc2cnc3ccc(Nc4nnc(C5CCCC5)s4)nc3c2)CC1. The number of fused-ring (bicyclic) bond motifs is 1. The molecule has 11 heteroatoms. The fraction of sp³-hybridized carbons (Fsp3) is 0.524. The van der Waals surface area contributed by atoms with Crippen molar-refractivity contribution < 1.29 is 8.42 Å². The smallest absolute Gasteiger partial charge is 0.211 e. The minimum absolute atomic E-state index is 0.212. The molecule has 0 unspecified atom stereocenters. The molecule has 1 saturated heterocycles. The van der Waals surface area contributed by atoms with Crippen LogP contribution < -0.4 is 10.6 Å². The molecule has 0 spiro atoms. The van der Waals surface area contributed by atoms with E-state index in [1.54, 1.807) is 17.5 Å². The second kappa shape index (κ2) is 8.87. The van der Waals surface area contributed by atoms with Crippen LogP contribution in [0.1, 0.15) is 49.5 Å². The summed E-state index contributed by atoms with van der Waals surface area (Å²) in [6.45, 7) is 1.07. The van der Waals surface area contributed by atoms with E-state index in [0.29, 0.717) is 24.8 Å². The van der Waals surface area contributed by atoms with Crippen molar-refractivity contribution in [2.45, 2.75) is 50.5 Å². The lowest BCUT2D eigenvalue weighted by atomic mass is 10.1. The van der Waals surface area contributed by atoms with Gasteiger partial charge in [0, 0.05) is 25.0 Å². The van der Waals surface area contributed by atoms with Gasteiger partial charge in [0.25, 0.3) is 0 Å². The monoisotopic (exact) mass is 473 g/mol. The number of nitrogens with zero attached hydrogens (tertiary/aromatic N) is 5. The van der Waals surface area contributed by atoms with Gasteiger partial charge >= 0.3 is 0 Å². The minimum Gasteiger partial charge on any atom is -0.381 e. The Labute approximate surface area is 191 Å². The average molecular weight is 474 g/mol. The van der Waals surface area contributed by atoms with Crippen LogP contribution in [0.2, 0.25) is 0 Å². The Morgan fingerprint density at radius 3 is 2.59 bits per heavy atom. The maximum Gasteiger partial charge on any atom is 0.211 e. The Balaban J connectivity index is 1.26. The summed E-state index contributed by atoms with van der Waals surface area (Å²) >= 11 is 1.61. The van der Waals surface area contributed by atoms with Gasteiger partial charge in [0.15, 0.2) is 0 Å². The molecule has 0 radical (unpaired) electrons. The van der Waals surface area contributed by atoms with Crippen LogP contribution in [0.15, 0.2) is 24.4 Å². The van der Waals surface area contributed by atoms with E-state index >= 15 is 0 Å². The van der Waals surface area contributed by atoms with E-state index in [1.807, 2.05) is 18.2 Å². The van der Waals surface area contributed by atoms with Crippen molar-refractivity contribution in [1.29, 1.82) is 0 Å². The molecule has 3 aromatic heterocycles. The number of sulfonamides is 1. The van der Waals surface area contributed by atoms with E-state index in [1.165, 1.54) is 36.2 Å². The van der Waals surface area contributed by atoms with Crippen LogP contribution in [-0.2, 0) is 10.0 Å². The molecule has 0 bridgehead atoms. The van der Waals surface area contributed by atoms with Gasteiger partial charge in [-0.25, -0.2) is 17.7 Å². The summed E-state index contributed by atoms with van der Waals surface area (Å²) in [7, 11) is -3.12. The topological polar surface area (TPSA) is 113 Å². The molecule has 0 amide bonds. The van der Waals surface area contributed by atoms with Crippen LogP contribution in [0.25, 0.3) is 11.0 Å². The summed E-state index contributed by atoms with van der Waals surface area (Å²) in [6, 6.07) is 6.04. The highest BCUT2D eigenvalue weighted by molar-refractivity contribution is 7.88. The quantitative estimate of drug-likeness (QED) is 0.557. The Bertz CT molecular complexity index is 1200. The lowest BCUT2D eigenvalue weighted by Gasteiger charge is -2.31. The fourth-order valence-electron chi connectivity index (χ4n) is 4.46. The number of hydrogen-bond acceptors (Lipinski definition) is 9. The third-order valence-corrected chi connectivity index (χ3v) is 8.52. The fourth-order valence-corrected chi connectivity index (χ4v) is 6.25. The molecule has 1 saturated carbocycles. The van der Waals surface area contributed by atoms with E-state index in [9.17, 15) is 8.42 Å². The molecule has 2 fully saturated rings. The van der Waals surface area contributed by atoms with Gasteiger partial charge in [-0.3, -0.25) is 4.98 Å². The first kappa shape index (κ1) is 21.5. The summed E-state index contributed by atoms with van der Waals surface area (Å²) in [4.78, 5) is 9.23. The molecule has 1 aliphatic heterocycles. The molecule has 0 atom stereocenters. The molecule has 2 N–H and O–H groups in total. The van der Waals surface area contributed by atoms with Gasteiger partial charge in [-0.1, -0.05) is 24.2 Å². The number of nitrogens with one attached hydrogen (secondary N) is 2. The van der Waals surface area contributed by atoms with E-state index in [4.69, 9.17) is 4.98 Å². The molecule has 4 heterocycles. The molecule has 1 aliphatic carbocycles. The van der Waals surface area contributed by atoms with Crippen molar-refractivity contribution in [3.63, 3.8) is 0 Å². The molecule has 5 rings (SSSR count). The number of hydrogen-bond donors (Lipinski definition) is 2. The van der Waals surface area contributed by atoms with Gasteiger partial charge in [-0.05, 0) is 43.9 Å². The zero-order chi connectivity index (χ0) is 22.1. The Kier molecular flexibility index (Phi) is 5.95. The first-order valence-electron chi connectivity index (χ1n) is 11.0. The number of piperidine rings is 1. The summed E-state index contributed by atoms with van der Waals surface area (Å²) in [5.41, 5.74) is 2.49. The highest BCUT2D eigenvalue weighted by atomic mass is 32.2. The number of rotatable bonds is 6. The van der Waals surface area contributed by atoms with Crippen LogP contribution in [0.3, 0.4) is 0 Å². The molecule has 0 aromatic carbocycles. The maximum atomic E-state index is 11.7. The van der Waals surface area contributed by atoms with E-state index in [-0.39, 0.29) is 6.04 Å². The van der Waals surface area contributed by atoms with Crippen molar-refractivity contribution >= 4 is 49.0 Å². The van der Waals surface area contributed by atoms with E-state index < -0.39 is 10.0 Å². The maximum absolute atomic E-state index is 11.7. The van der Waals surface area contributed by atoms with Crippen LogP contribution in [0.4, 0.5) is 16.6 Å². The second-order valence-corrected chi connectivity index (χ2v) is 11.6. The molecule has 32 heavy (non-hydrogen) atoms. The van der Waals surface area contributed by atoms with E-state index in [0.717, 1.165) is 39.7 Å². The standard InChI is InChI=1S/C21H27N7O2S2/c1-32(29,30)28-10-8-15(9-11-28)23-16-12-18-17(22-13-16)6-7-19(24-18)25-21-27-26-20(31-21)14-4-2-3-5-14/h6-7,12-15,23H,2-5,8-11H2,1H3,(H,24,25,27). The third kappa shape index (κ3) is 4.84. The number of aromatic nitrogens is 4. The van der Waals surface area contributed by atoms with Gasteiger partial charge in [0.05, 0.1) is 29.2 Å². The molecule has 9 nitrogen and oxygen atoms in total. The van der Waals surface area contributed by atoms with Crippen molar-refractivity contribution in [2.24, 2.45) is 0 Å². The van der Waals surface area contributed by atoms with Crippen LogP contribution in [-0.4, -0.2) is 58.3 Å². The van der Waals surface area contributed by atoms with Gasteiger partial charge in [0.1, 0.15) is 10.8 Å². The molecular weight excluding hydrogens is 446 g/mol. The van der Waals surface area contributed by atoms with Crippen molar-refractivity contribution in [2.75, 3.05) is 30.0 Å². The molecular formula is C21H27N7O2S2. The molecule has 2 aliphatic rings. The Morgan fingerprint density at radius 2 is 1.84 bits per heavy atom. The first-order valence-corrected chi connectivity index (χ1v) is 13.7. The summed E-state index contributed by atoms with van der Waals surface area (Å²) in [5.74, 6) is 1.27. The third-order valence-electron chi connectivity index (χ3n) is 6.21. The van der Waals surface area contributed by atoms with Gasteiger partial charge in [-0.15, -0.1) is 10.2 Å². The zero-order valence-corrected chi connectivity index (χ0v) is 19.6. The number of anilines is 3. The van der Waals surface area contributed by atoms with Crippen LogP contribution in [0.5, 0.6) is 0 Å². The summed E-state index contributed by atoms with van der Waals surface area (Å²) in [6.07, 6.45) is 9.57. The second-order valence-electron chi connectivity index (χ2n) is 8.59. The summed E-state index contributed by atoms with van der Waals surface area (Å²) < 4.78 is 24.9. The average Bonchev–Trinajstić information content (AvgIpc) is 3.45. The Hall–Kier alpha value is -2.37. The normalized spacial score (nSPS) is 18.9. The van der Waals surface area contributed by atoms with E-state index in [2.05, 4.69) is 25.8 Å². The zero-order valence-electron chi connectivity index (χ0n) is 18.0. The van der Waals surface area contributed by atoms with Gasteiger partial charge in [-0.2, -0.15) is 0 Å². The van der Waals surface area contributed by atoms with Gasteiger partial charge in [0.2, 0.25) is 15.2 Å². The highest BCUT2D eigenvalue weighted by Gasteiger charge is 2.25. The van der Waals surface area contributed by atoms with Crippen LogP contribution >= 0.6 is 11.3 Å². The lowest BCUT2D eigenvalue weighted by Crippen LogP contribution is -2.41. The van der Waals surface area contributed by atoms with Crippen molar-refractivity contribution in [3.8, 4) is 0 Å². The minimum atomic E-state index is -3.12. The van der Waals surface area contributed by atoms with Crippen molar-refractivity contribution in [1.82, 2.24) is 24.5 Å². The van der Waals surface area contributed by atoms with Crippen LogP contribution in [0, 0.1) is 0 Å². The predicted molar refractivity (Wildman–Crippen MR) is 127 cm³/mol. The lowest BCUT2D eigenvalue weighted by molar-refractivity contribution is 0.332. The number of pyridine rings is 2. The molecule has 3 aromatic rings. The van der Waals surface area contributed by atoms with Crippen molar-refractivity contribution in [3.05, 3.63) is 29.4 Å². The predicted octanol–water partition coefficient (Wildman–Crippen LogP) is 3.72. The summed E-state index contributed by atoms with van der Waals surface area (Å²) in [5, 5.41) is 17.3. The largest absolute Gasteiger partial charge is 0.381 e. The van der Waals surface area contributed by atoms with Gasteiger partial charge < -0.3 is 10.6 Å². The Morgan fingerprint density at radius 1 is 1.06 bits per heavy atom. The molecule has 170 valence electrons.